The Hall–Kier alpha value is -3.73. The minimum Gasteiger partial charge on any atom is -0.428 e. The standard InChI is InChI=1S/C26H17ClF12N2O3/c27-15-6-7-18(40-12-15)22(11-13-4-2-1-3-5-13,14-8-16(28)10-17(9-14)44-24(32,33)21(30)31)41-20(42)19(29)23(43,25(34,35)36)26(37,38)39/h1-10,12,19,21,43H,11H2,(H,41,42). The minimum atomic E-state index is -6.80. The Labute approximate surface area is 244 Å². The first kappa shape index (κ1) is 34.8. The van der Waals surface area contributed by atoms with Gasteiger partial charge in [-0.3, -0.25) is 9.78 Å². The lowest BCUT2D eigenvalue weighted by molar-refractivity contribution is -0.380. The van der Waals surface area contributed by atoms with Gasteiger partial charge in [0.25, 0.3) is 11.5 Å². The number of rotatable bonds is 10. The summed E-state index contributed by atoms with van der Waals surface area (Å²) in [5, 5.41) is 11.0. The molecule has 2 N–H and O–H groups in total. The number of hydrogen-bond donors (Lipinski definition) is 2. The first-order valence-electron chi connectivity index (χ1n) is 11.8. The Kier molecular flexibility index (Phi) is 9.75. The molecular weight excluding hydrogens is 652 g/mol. The van der Waals surface area contributed by atoms with E-state index >= 15 is 4.39 Å². The van der Waals surface area contributed by atoms with Crippen LogP contribution in [-0.2, 0) is 16.8 Å². The van der Waals surface area contributed by atoms with E-state index in [0.29, 0.717) is 12.1 Å². The molecule has 0 aliphatic rings. The predicted molar refractivity (Wildman–Crippen MR) is 128 cm³/mol. The van der Waals surface area contributed by atoms with E-state index in [0.717, 1.165) is 18.3 Å². The number of ether oxygens (including phenoxy) is 1. The number of nitrogens with zero attached hydrogens (tertiary/aromatic N) is 1. The molecule has 3 aromatic rings. The Bertz CT molecular complexity index is 1440. The fourth-order valence-electron chi connectivity index (χ4n) is 4.03. The highest BCUT2D eigenvalue weighted by molar-refractivity contribution is 6.30. The molecule has 0 saturated carbocycles. The molecule has 1 amide bonds. The van der Waals surface area contributed by atoms with Crippen LogP contribution in [-0.4, -0.2) is 52.7 Å². The molecule has 3 rings (SSSR count). The van der Waals surface area contributed by atoms with Gasteiger partial charge in [-0.15, -0.1) is 0 Å². The van der Waals surface area contributed by atoms with Crippen molar-refractivity contribution < 1.29 is 67.3 Å². The fraction of sp³-hybridized carbons (Fsp3) is 0.308. The van der Waals surface area contributed by atoms with Crippen LogP contribution < -0.4 is 10.1 Å². The average Bonchev–Trinajstić information content (AvgIpc) is 2.90. The van der Waals surface area contributed by atoms with E-state index in [2.05, 4.69) is 9.72 Å². The number of hydrogen-bond acceptors (Lipinski definition) is 4. The molecule has 0 spiro atoms. The molecule has 5 nitrogen and oxygen atoms in total. The third-order valence-electron chi connectivity index (χ3n) is 6.15. The largest absolute Gasteiger partial charge is 0.461 e. The van der Waals surface area contributed by atoms with E-state index in [-0.39, 0.29) is 16.7 Å². The molecule has 0 aliphatic carbocycles. The lowest BCUT2D eigenvalue weighted by Gasteiger charge is -2.39. The molecule has 1 aromatic heterocycles. The molecule has 240 valence electrons. The number of halogens is 13. The third-order valence-corrected chi connectivity index (χ3v) is 6.37. The van der Waals surface area contributed by atoms with Crippen molar-refractivity contribution in [2.75, 3.05) is 0 Å². The highest BCUT2D eigenvalue weighted by Gasteiger charge is 2.76. The lowest BCUT2D eigenvalue weighted by Crippen LogP contribution is -2.67. The highest BCUT2D eigenvalue weighted by Crippen LogP contribution is 2.47. The minimum absolute atomic E-state index is 0.0616. The Morgan fingerprint density at radius 1 is 0.909 bits per heavy atom. The van der Waals surface area contributed by atoms with Crippen LogP contribution in [0.5, 0.6) is 5.75 Å². The van der Waals surface area contributed by atoms with Crippen LogP contribution in [0.2, 0.25) is 5.02 Å². The molecule has 2 aromatic carbocycles. The Balaban J connectivity index is 2.34. The third kappa shape index (κ3) is 6.98. The number of nitrogens with one attached hydrogen (secondary N) is 1. The maximum atomic E-state index is 15.0. The predicted octanol–water partition coefficient (Wildman–Crippen LogP) is 6.91. The molecule has 0 radical (unpaired) electrons. The Morgan fingerprint density at radius 2 is 1.50 bits per heavy atom. The molecule has 44 heavy (non-hydrogen) atoms. The van der Waals surface area contributed by atoms with Gasteiger partial charge in [0.1, 0.15) is 17.1 Å². The van der Waals surface area contributed by atoms with E-state index in [1.165, 1.54) is 30.3 Å². The molecule has 18 heteroatoms. The number of pyridine rings is 1. The number of aromatic nitrogens is 1. The van der Waals surface area contributed by atoms with Crippen molar-refractivity contribution in [2.24, 2.45) is 0 Å². The van der Waals surface area contributed by atoms with Gasteiger partial charge in [0.2, 0.25) is 6.17 Å². The van der Waals surface area contributed by atoms with Crippen LogP contribution in [0, 0.1) is 5.82 Å². The molecule has 2 atom stereocenters. The Morgan fingerprint density at radius 3 is 2.00 bits per heavy atom. The summed E-state index contributed by atoms with van der Waals surface area (Å²) in [6.45, 7) is 0. The van der Waals surface area contributed by atoms with E-state index in [1.807, 2.05) is 0 Å². The van der Waals surface area contributed by atoms with Crippen LogP contribution in [0.25, 0.3) is 0 Å². The maximum absolute atomic E-state index is 15.0. The van der Waals surface area contributed by atoms with Gasteiger partial charge in [-0.1, -0.05) is 41.9 Å². The van der Waals surface area contributed by atoms with Gasteiger partial charge in [-0.25, -0.2) is 8.78 Å². The normalized spacial score (nSPS) is 15.1. The molecule has 0 saturated heterocycles. The molecular formula is C26H17ClF12N2O3. The molecule has 0 aliphatic heterocycles. The van der Waals surface area contributed by atoms with Gasteiger partial charge in [-0.05, 0) is 35.4 Å². The van der Waals surface area contributed by atoms with Crippen LogP contribution in [0.3, 0.4) is 0 Å². The van der Waals surface area contributed by atoms with Crippen LogP contribution in [0.1, 0.15) is 16.8 Å². The van der Waals surface area contributed by atoms with Crippen molar-refractivity contribution in [1.29, 1.82) is 0 Å². The highest BCUT2D eigenvalue weighted by atomic mass is 35.5. The number of alkyl halides is 11. The van der Waals surface area contributed by atoms with Crippen LogP contribution in [0.15, 0.2) is 66.9 Å². The van der Waals surface area contributed by atoms with E-state index in [1.54, 1.807) is 5.32 Å². The summed E-state index contributed by atoms with van der Waals surface area (Å²) < 4.78 is 167. The SMILES string of the molecule is O=C(NC(Cc1ccccc1)(c1cc(F)cc(OC(F)(F)C(F)F)c1)c1ccc(Cl)cn1)C(F)C(O)(C(F)(F)F)C(F)(F)F. The van der Waals surface area contributed by atoms with Crippen molar-refractivity contribution in [1.82, 2.24) is 10.3 Å². The second-order valence-electron chi connectivity index (χ2n) is 9.18. The number of amides is 1. The van der Waals surface area contributed by atoms with Crippen LogP contribution >= 0.6 is 11.6 Å². The number of aliphatic hydroxyl groups is 1. The van der Waals surface area contributed by atoms with Crippen molar-refractivity contribution in [3.05, 3.63) is 94.5 Å². The molecule has 0 bridgehead atoms. The summed E-state index contributed by atoms with van der Waals surface area (Å²) in [6.07, 6.45) is -28.1. The topological polar surface area (TPSA) is 71.5 Å². The fourth-order valence-corrected chi connectivity index (χ4v) is 4.14. The number of carbonyl (C=O) groups excluding carboxylic acids is 1. The van der Waals surface area contributed by atoms with Gasteiger partial charge >= 0.3 is 24.9 Å². The zero-order chi connectivity index (χ0) is 33.3. The second-order valence-corrected chi connectivity index (χ2v) is 9.62. The van der Waals surface area contributed by atoms with E-state index in [9.17, 15) is 58.2 Å². The van der Waals surface area contributed by atoms with Crippen molar-refractivity contribution in [3.63, 3.8) is 0 Å². The molecule has 0 fully saturated rings. The summed E-state index contributed by atoms with van der Waals surface area (Å²) in [4.78, 5) is 16.8. The first-order chi connectivity index (χ1) is 20.1. The van der Waals surface area contributed by atoms with Gasteiger partial charge in [-0.2, -0.15) is 43.9 Å². The smallest absolute Gasteiger partial charge is 0.428 e. The summed E-state index contributed by atoms with van der Waals surface area (Å²) in [5.41, 5.74) is -10.4. The first-order valence-corrected chi connectivity index (χ1v) is 12.2. The molecule has 1 heterocycles. The van der Waals surface area contributed by atoms with E-state index in [4.69, 9.17) is 11.6 Å². The summed E-state index contributed by atoms with van der Waals surface area (Å²) in [5.74, 6) is -5.65. The summed E-state index contributed by atoms with van der Waals surface area (Å²) >= 11 is 5.81. The number of benzene rings is 2. The van der Waals surface area contributed by atoms with Gasteiger partial charge in [0, 0.05) is 18.7 Å². The summed E-state index contributed by atoms with van der Waals surface area (Å²) in [6, 6.07) is 9.69. The van der Waals surface area contributed by atoms with Crippen molar-refractivity contribution in [2.45, 2.75) is 48.6 Å². The second kappa shape index (κ2) is 12.3. The lowest BCUT2D eigenvalue weighted by atomic mass is 9.79. The average molecular weight is 669 g/mol. The van der Waals surface area contributed by atoms with Gasteiger partial charge in [0.05, 0.1) is 10.7 Å². The molecule has 2 unspecified atom stereocenters. The van der Waals surface area contributed by atoms with Gasteiger partial charge in [0.15, 0.2) is 0 Å². The summed E-state index contributed by atoms with van der Waals surface area (Å²) in [7, 11) is 0. The zero-order valence-corrected chi connectivity index (χ0v) is 22.1. The van der Waals surface area contributed by atoms with Crippen molar-refractivity contribution >= 4 is 17.5 Å². The quantitative estimate of drug-likeness (QED) is 0.231. The zero-order valence-electron chi connectivity index (χ0n) is 21.3. The maximum Gasteiger partial charge on any atom is 0.461 e. The van der Waals surface area contributed by atoms with Crippen LogP contribution in [0.4, 0.5) is 52.7 Å². The monoisotopic (exact) mass is 668 g/mol. The van der Waals surface area contributed by atoms with Crippen molar-refractivity contribution in [3.8, 4) is 5.75 Å². The van der Waals surface area contributed by atoms with Gasteiger partial charge < -0.3 is 15.2 Å². The van der Waals surface area contributed by atoms with E-state index < -0.39 is 77.4 Å². The number of carbonyl (C=O) groups is 1.